The fraction of sp³-hybridized carbons (Fsp3) is 0.333. The number of alkyl halides is 3. The summed E-state index contributed by atoms with van der Waals surface area (Å²) in [5, 5.41) is 4.21. The van der Waals surface area contributed by atoms with Gasteiger partial charge in [0.25, 0.3) is 5.56 Å². The van der Waals surface area contributed by atoms with E-state index in [1.165, 1.54) is 26.2 Å². The van der Waals surface area contributed by atoms with Gasteiger partial charge in [-0.3, -0.25) is 13.9 Å². The van der Waals surface area contributed by atoms with Crippen LogP contribution in [0.4, 0.5) is 18.9 Å². The molecule has 0 fully saturated rings. The predicted molar refractivity (Wildman–Crippen MR) is 82.7 cm³/mol. The van der Waals surface area contributed by atoms with Crippen LogP contribution in [0.1, 0.15) is 5.56 Å². The lowest BCUT2D eigenvalue weighted by molar-refractivity contribution is -0.148. The predicted octanol–water partition coefficient (Wildman–Crippen LogP) is -0.0448. The number of nitrogens with zero attached hydrogens (tertiary/aromatic N) is 5. The Morgan fingerprint density at radius 2 is 1.64 bits per heavy atom. The minimum absolute atomic E-state index is 0.137. The van der Waals surface area contributed by atoms with E-state index in [1.54, 1.807) is 19.1 Å². The summed E-state index contributed by atoms with van der Waals surface area (Å²) in [4.78, 5) is 27.8. The monoisotopic (exact) mass is 353 g/mol. The molecule has 1 unspecified atom stereocenters. The summed E-state index contributed by atoms with van der Waals surface area (Å²) in [6, 6.07) is 6.19. The lowest BCUT2D eigenvalue weighted by atomic mass is 10.2. The Hall–Kier alpha value is -2.91. The van der Waals surface area contributed by atoms with Gasteiger partial charge in [0.1, 0.15) is 0 Å². The molecule has 0 bridgehead atoms. The van der Waals surface area contributed by atoms with Crippen LogP contribution in [0.25, 0.3) is 0 Å². The van der Waals surface area contributed by atoms with E-state index in [0.717, 1.165) is 14.7 Å². The van der Waals surface area contributed by atoms with Gasteiger partial charge in [0.15, 0.2) is 10.8 Å². The third kappa shape index (κ3) is 2.73. The van der Waals surface area contributed by atoms with Crippen molar-refractivity contribution in [2.45, 2.75) is 19.3 Å². The molecular weight excluding hydrogens is 339 g/mol. The van der Waals surface area contributed by atoms with Gasteiger partial charge >= 0.3 is 11.9 Å². The zero-order chi connectivity index (χ0) is 18.5. The van der Waals surface area contributed by atoms with Gasteiger partial charge in [-0.2, -0.15) is 18.3 Å². The van der Waals surface area contributed by atoms with Crippen molar-refractivity contribution in [2.24, 2.45) is 24.2 Å². The van der Waals surface area contributed by atoms with Crippen LogP contribution >= 0.6 is 0 Å². The highest BCUT2D eigenvalue weighted by Gasteiger charge is 2.46. The number of hydrogen-bond donors (Lipinski definition) is 0. The number of aryl methyl sites for hydroxylation is 1. The molecule has 1 atom stereocenters. The van der Waals surface area contributed by atoms with Crippen LogP contribution in [-0.2, 0) is 14.1 Å². The van der Waals surface area contributed by atoms with Crippen LogP contribution in [-0.4, -0.2) is 21.5 Å². The topological polar surface area (TPSA) is 72.0 Å². The third-order valence-corrected chi connectivity index (χ3v) is 3.89. The van der Waals surface area contributed by atoms with Gasteiger partial charge in [0, 0.05) is 14.1 Å². The molecule has 0 saturated carbocycles. The number of anilines is 1. The SMILES string of the molecule is Cc1ccc(N2N=c3c(=O)n(C)c(=O)n(C)c3=NC2C(F)(F)F)cc1. The first kappa shape index (κ1) is 16.9. The van der Waals surface area contributed by atoms with E-state index >= 15 is 0 Å². The van der Waals surface area contributed by atoms with E-state index in [-0.39, 0.29) is 11.0 Å². The first-order valence-electron chi connectivity index (χ1n) is 7.26. The fourth-order valence-corrected chi connectivity index (χ4v) is 2.49. The maximum Gasteiger partial charge on any atom is 0.431 e. The van der Waals surface area contributed by atoms with Crippen LogP contribution < -0.4 is 27.1 Å². The van der Waals surface area contributed by atoms with Crippen molar-refractivity contribution >= 4 is 5.69 Å². The number of benzene rings is 1. The first-order valence-corrected chi connectivity index (χ1v) is 7.26. The summed E-state index contributed by atoms with van der Waals surface area (Å²) in [5.41, 5.74) is -0.969. The molecule has 25 heavy (non-hydrogen) atoms. The molecule has 1 aliphatic rings. The van der Waals surface area contributed by atoms with Crippen molar-refractivity contribution in [1.29, 1.82) is 0 Å². The number of halogens is 3. The molecule has 0 spiro atoms. The standard InChI is InChI=1S/C15H14F3N5O2/c1-8-4-6-9(7-5-8)23-13(15(16,17)18)19-11-10(20-23)12(24)22(3)14(25)21(11)2/h4-7,13H,1-3H3. The van der Waals surface area contributed by atoms with Crippen molar-refractivity contribution in [1.82, 2.24) is 9.13 Å². The van der Waals surface area contributed by atoms with Crippen molar-refractivity contribution < 1.29 is 13.2 Å². The highest BCUT2D eigenvalue weighted by molar-refractivity contribution is 5.48. The summed E-state index contributed by atoms with van der Waals surface area (Å²) in [6.07, 6.45) is -7.08. The number of rotatable bonds is 1. The summed E-state index contributed by atoms with van der Waals surface area (Å²) >= 11 is 0. The average molecular weight is 353 g/mol. The van der Waals surface area contributed by atoms with Crippen molar-refractivity contribution in [2.75, 3.05) is 5.01 Å². The normalized spacial score (nSPS) is 16.9. The second-order valence-electron chi connectivity index (χ2n) is 5.70. The Labute approximate surface area is 139 Å². The minimum atomic E-state index is -4.75. The van der Waals surface area contributed by atoms with Gasteiger partial charge in [-0.1, -0.05) is 17.7 Å². The molecular formula is C15H14F3N5O2. The number of hydrogen-bond acceptors (Lipinski definition) is 5. The maximum absolute atomic E-state index is 13.5. The fourth-order valence-electron chi connectivity index (χ4n) is 2.49. The van der Waals surface area contributed by atoms with Gasteiger partial charge in [-0.15, -0.1) is 0 Å². The largest absolute Gasteiger partial charge is 0.431 e. The molecule has 7 nitrogen and oxygen atoms in total. The highest BCUT2D eigenvalue weighted by Crippen LogP contribution is 2.30. The van der Waals surface area contributed by atoms with E-state index in [4.69, 9.17) is 0 Å². The smallest absolute Gasteiger partial charge is 0.279 e. The number of fused-ring (bicyclic) bond motifs is 1. The molecule has 0 N–H and O–H groups in total. The van der Waals surface area contributed by atoms with E-state index < -0.39 is 29.1 Å². The average Bonchev–Trinajstić information content (AvgIpc) is 2.57. The van der Waals surface area contributed by atoms with E-state index in [0.29, 0.717) is 5.01 Å². The van der Waals surface area contributed by atoms with Crippen LogP contribution in [0.15, 0.2) is 43.9 Å². The summed E-state index contributed by atoms with van der Waals surface area (Å²) in [5.74, 6) is 0. The summed E-state index contributed by atoms with van der Waals surface area (Å²) in [6.45, 7) is 1.80. The van der Waals surface area contributed by atoms with Crippen LogP contribution in [0.2, 0.25) is 0 Å². The Balaban J connectivity index is 2.38. The van der Waals surface area contributed by atoms with Crippen molar-refractivity contribution in [3.63, 3.8) is 0 Å². The molecule has 1 aromatic carbocycles. The lowest BCUT2D eigenvalue weighted by Crippen LogP contribution is -2.62. The maximum atomic E-state index is 13.5. The van der Waals surface area contributed by atoms with Crippen LogP contribution in [0.3, 0.4) is 0 Å². The zero-order valence-corrected chi connectivity index (χ0v) is 13.6. The summed E-state index contributed by atoms with van der Waals surface area (Å²) < 4.78 is 42.1. The van der Waals surface area contributed by atoms with Gasteiger partial charge in [-0.05, 0) is 19.1 Å². The van der Waals surface area contributed by atoms with Gasteiger partial charge in [0.05, 0.1) is 5.69 Å². The molecule has 132 valence electrons. The van der Waals surface area contributed by atoms with Gasteiger partial charge < -0.3 is 0 Å². The van der Waals surface area contributed by atoms with Gasteiger partial charge in [-0.25, -0.2) is 14.8 Å². The number of aromatic nitrogens is 2. The second kappa shape index (κ2) is 5.57. The Bertz CT molecular complexity index is 1070. The first-order chi connectivity index (χ1) is 11.6. The van der Waals surface area contributed by atoms with E-state index in [1.807, 2.05) is 0 Å². The molecule has 3 rings (SSSR count). The lowest BCUT2D eigenvalue weighted by Gasteiger charge is -2.29. The Kier molecular flexibility index (Phi) is 3.77. The molecule has 2 aromatic rings. The molecule has 0 amide bonds. The molecule has 1 aromatic heterocycles. The van der Waals surface area contributed by atoms with Crippen LogP contribution in [0.5, 0.6) is 0 Å². The quantitative estimate of drug-likeness (QED) is 0.722. The Morgan fingerprint density at radius 3 is 2.20 bits per heavy atom. The van der Waals surface area contributed by atoms with Crippen molar-refractivity contribution in [3.05, 3.63) is 61.5 Å². The van der Waals surface area contributed by atoms with Crippen LogP contribution in [0, 0.1) is 6.92 Å². The molecule has 2 heterocycles. The summed E-state index contributed by atoms with van der Waals surface area (Å²) in [7, 11) is 2.47. The molecule has 0 radical (unpaired) electrons. The van der Waals surface area contributed by atoms with E-state index in [9.17, 15) is 22.8 Å². The molecule has 10 heteroatoms. The molecule has 1 aliphatic heterocycles. The molecule has 0 saturated heterocycles. The molecule has 0 aliphatic carbocycles. The minimum Gasteiger partial charge on any atom is -0.279 e. The highest BCUT2D eigenvalue weighted by atomic mass is 19.4. The van der Waals surface area contributed by atoms with E-state index in [2.05, 4.69) is 10.1 Å². The second-order valence-corrected chi connectivity index (χ2v) is 5.70. The van der Waals surface area contributed by atoms with Crippen molar-refractivity contribution in [3.8, 4) is 0 Å². The Morgan fingerprint density at radius 1 is 1.04 bits per heavy atom. The zero-order valence-electron chi connectivity index (χ0n) is 13.6. The third-order valence-electron chi connectivity index (χ3n) is 3.89. The van der Waals surface area contributed by atoms with Gasteiger partial charge in [0.2, 0.25) is 6.17 Å².